The zero-order valence-electron chi connectivity index (χ0n) is 64.6. The van der Waals surface area contributed by atoms with E-state index in [1.165, 1.54) is 360 Å². The number of carbonyl (C=O) groups is 2. The zero-order valence-corrected chi connectivity index (χ0v) is 65.5. The minimum atomic E-state index is -4.40. The second kappa shape index (κ2) is 82.7. The number of esters is 2. The monoisotopic (exact) mass is 1380 g/mol. The summed E-state index contributed by atoms with van der Waals surface area (Å²) in [5.41, 5.74) is 5.42. The molecule has 0 saturated carbocycles. The molecule has 0 aromatic rings. The third-order valence-electron chi connectivity index (χ3n) is 19.4. The molecule has 0 saturated heterocycles. The highest BCUT2D eigenvalue weighted by Crippen LogP contribution is 2.43. The number of phosphoric ester groups is 1. The molecule has 0 fully saturated rings. The minimum absolute atomic E-state index is 0.0563. The molecule has 0 aliphatic carbocycles. The van der Waals surface area contributed by atoms with E-state index in [0.29, 0.717) is 6.42 Å². The molecular weight excluding hydrogens is 1220 g/mol. The molecule has 0 heterocycles. The van der Waals surface area contributed by atoms with Crippen LogP contribution in [0.1, 0.15) is 450 Å². The molecule has 3 N–H and O–H groups in total. The Balaban J connectivity index is 3.71. The van der Waals surface area contributed by atoms with Gasteiger partial charge in [0.15, 0.2) is 6.10 Å². The third kappa shape index (κ3) is 82.6. The Hall–Kier alpha value is -2.29. The topological polar surface area (TPSA) is 134 Å². The van der Waals surface area contributed by atoms with Gasteiger partial charge in [0.25, 0.3) is 0 Å². The van der Waals surface area contributed by atoms with Crippen molar-refractivity contribution in [1.29, 1.82) is 0 Å². The van der Waals surface area contributed by atoms with Crippen molar-refractivity contribution in [2.24, 2.45) is 5.73 Å². The van der Waals surface area contributed by atoms with Crippen LogP contribution >= 0.6 is 7.82 Å². The number of hydrogen-bond acceptors (Lipinski definition) is 8. The number of unbranched alkanes of at least 4 members (excludes halogenated alkanes) is 59. The van der Waals surface area contributed by atoms with Crippen LogP contribution in [0.4, 0.5) is 0 Å². The van der Waals surface area contributed by atoms with Gasteiger partial charge in [-0.25, -0.2) is 4.57 Å². The van der Waals surface area contributed by atoms with Gasteiger partial charge in [-0.1, -0.05) is 421 Å². The van der Waals surface area contributed by atoms with Gasteiger partial charge >= 0.3 is 19.8 Å². The van der Waals surface area contributed by atoms with Crippen molar-refractivity contribution in [2.75, 3.05) is 26.4 Å². The van der Waals surface area contributed by atoms with E-state index >= 15 is 0 Å². The van der Waals surface area contributed by atoms with Crippen LogP contribution < -0.4 is 5.73 Å². The normalized spacial score (nSPS) is 13.1. The van der Waals surface area contributed by atoms with Gasteiger partial charge in [-0.3, -0.25) is 18.6 Å². The van der Waals surface area contributed by atoms with Gasteiger partial charge in [0.2, 0.25) is 0 Å². The van der Waals surface area contributed by atoms with Gasteiger partial charge in [-0.05, 0) is 77.0 Å². The Labute approximate surface area is 603 Å². The summed E-state index contributed by atoms with van der Waals surface area (Å²) in [6.45, 7) is 3.72. The molecule has 570 valence electrons. The van der Waals surface area contributed by atoms with E-state index in [2.05, 4.69) is 74.6 Å². The summed E-state index contributed by atoms with van der Waals surface area (Å²) < 4.78 is 33.3. The Kier molecular flexibility index (Phi) is 80.7. The second-order valence-electron chi connectivity index (χ2n) is 29.0. The van der Waals surface area contributed by atoms with E-state index in [0.717, 1.165) is 57.8 Å². The van der Waals surface area contributed by atoms with Crippen LogP contribution in [0.3, 0.4) is 0 Å². The number of carbonyl (C=O) groups excluding carboxylic acids is 2. The number of phosphoric acid groups is 1. The molecule has 0 aromatic carbocycles. The quantitative estimate of drug-likeness (QED) is 0.0264. The van der Waals surface area contributed by atoms with Gasteiger partial charge in [-0.2, -0.15) is 0 Å². The molecule has 2 atom stereocenters. The molecule has 0 aromatic heterocycles. The fourth-order valence-electron chi connectivity index (χ4n) is 13.1. The average molecular weight is 1380 g/mol. The first kappa shape index (κ1) is 94.7. The Morgan fingerprint density at radius 3 is 0.856 bits per heavy atom. The SMILES string of the molecule is CC/C=C\C/C=C\C/C=C\C/C=C\CCCCCCCCCCCCCCCCCCCCCCCCCCCCCCC(=O)OC(COC(=O)CCCCCCCCCCCCCCCCCCCCCCCCC/C=C\CCCCCCCCCC)COP(=O)(O)OCCN. The Morgan fingerprint density at radius 1 is 0.320 bits per heavy atom. The van der Waals surface area contributed by atoms with Crippen LogP contribution in [-0.4, -0.2) is 49.3 Å². The molecule has 9 nitrogen and oxygen atoms in total. The van der Waals surface area contributed by atoms with Gasteiger partial charge in [0.1, 0.15) is 6.61 Å². The highest BCUT2D eigenvalue weighted by atomic mass is 31.2. The molecule has 0 spiro atoms. The predicted octanol–water partition coefficient (Wildman–Crippen LogP) is 28.9. The van der Waals surface area contributed by atoms with E-state index in [1.807, 2.05) is 0 Å². The zero-order chi connectivity index (χ0) is 70.0. The summed E-state index contributed by atoms with van der Waals surface area (Å²) in [5, 5.41) is 0. The lowest BCUT2D eigenvalue weighted by Gasteiger charge is -2.19. The number of hydrogen-bond donors (Lipinski definition) is 2. The third-order valence-corrected chi connectivity index (χ3v) is 20.4. The smallest absolute Gasteiger partial charge is 0.462 e. The number of rotatable bonds is 82. The molecule has 0 radical (unpaired) electrons. The summed E-state index contributed by atoms with van der Waals surface area (Å²) in [6.07, 6.45) is 110. The van der Waals surface area contributed by atoms with Crippen LogP contribution in [-0.2, 0) is 32.7 Å². The molecule has 0 aliphatic rings. The van der Waals surface area contributed by atoms with Gasteiger partial charge < -0.3 is 20.1 Å². The highest BCUT2D eigenvalue weighted by molar-refractivity contribution is 7.47. The first-order valence-corrected chi connectivity index (χ1v) is 44.3. The van der Waals surface area contributed by atoms with E-state index in [1.54, 1.807) is 0 Å². The fraction of sp³-hybridized carbons (Fsp3) is 0.862. The molecular formula is C87H164NO8P. The molecule has 0 rings (SSSR count). The van der Waals surface area contributed by atoms with Crippen LogP contribution in [0.15, 0.2) is 60.8 Å². The van der Waals surface area contributed by atoms with Gasteiger partial charge in [0.05, 0.1) is 13.2 Å². The van der Waals surface area contributed by atoms with Crippen LogP contribution in [0, 0.1) is 0 Å². The molecule has 0 bridgehead atoms. The lowest BCUT2D eigenvalue weighted by molar-refractivity contribution is -0.161. The van der Waals surface area contributed by atoms with Crippen LogP contribution in [0.2, 0.25) is 0 Å². The number of ether oxygens (including phenoxy) is 2. The highest BCUT2D eigenvalue weighted by Gasteiger charge is 2.26. The molecule has 0 aliphatic heterocycles. The van der Waals surface area contributed by atoms with Gasteiger partial charge in [0, 0.05) is 19.4 Å². The van der Waals surface area contributed by atoms with Crippen molar-refractivity contribution >= 4 is 19.8 Å². The Morgan fingerprint density at radius 2 is 0.567 bits per heavy atom. The summed E-state index contributed by atoms with van der Waals surface area (Å²) >= 11 is 0. The summed E-state index contributed by atoms with van der Waals surface area (Å²) in [4.78, 5) is 35.5. The fourth-order valence-corrected chi connectivity index (χ4v) is 13.9. The summed E-state index contributed by atoms with van der Waals surface area (Å²) in [6, 6.07) is 0. The van der Waals surface area contributed by atoms with Crippen molar-refractivity contribution < 1.29 is 37.6 Å². The van der Waals surface area contributed by atoms with Crippen molar-refractivity contribution in [2.45, 2.75) is 457 Å². The standard InChI is InChI=1S/C87H164NO8P/c1-3-5-7-9-11-13-15-17-19-21-23-25-27-29-31-33-35-37-39-40-41-42-43-44-46-48-50-52-54-56-58-60-62-64-66-68-70-72-74-76-78-80-87(90)96-85(84-95-97(91,92)94-82-81-88)83-93-86(89)79-77-75-73-71-69-67-65-63-61-59-57-55-53-51-49-47-45-38-36-34-32-30-28-26-24-22-20-18-16-14-12-10-8-6-4-2/h5,7,11,13,17,19,22-25,85H,3-4,6,8-10,12,14-16,18,20-21,26-84,88H2,1-2H3,(H,91,92)/b7-5-,13-11-,19-17-,24-22-,25-23-. The largest absolute Gasteiger partial charge is 0.472 e. The maximum absolute atomic E-state index is 12.8. The second-order valence-corrected chi connectivity index (χ2v) is 30.5. The van der Waals surface area contributed by atoms with Crippen LogP contribution in [0.25, 0.3) is 0 Å². The van der Waals surface area contributed by atoms with E-state index < -0.39 is 26.5 Å². The predicted molar refractivity (Wildman–Crippen MR) is 423 cm³/mol. The summed E-state index contributed by atoms with van der Waals surface area (Å²) in [5.74, 6) is -0.800. The molecule has 10 heteroatoms. The van der Waals surface area contributed by atoms with Crippen molar-refractivity contribution in [3.8, 4) is 0 Å². The maximum Gasteiger partial charge on any atom is 0.472 e. The lowest BCUT2D eigenvalue weighted by Crippen LogP contribution is -2.29. The maximum atomic E-state index is 12.8. The Bertz CT molecular complexity index is 1780. The van der Waals surface area contributed by atoms with Gasteiger partial charge in [-0.15, -0.1) is 0 Å². The van der Waals surface area contributed by atoms with Crippen molar-refractivity contribution in [3.63, 3.8) is 0 Å². The van der Waals surface area contributed by atoms with Crippen molar-refractivity contribution in [1.82, 2.24) is 0 Å². The number of nitrogens with two attached hydrogens (primary N) is 1. The van der Waals surface area contributed by atoms with E-state index in [4.69, 9.17) is 24.3 Å². The number of allylic oxidation sites excluding steroid dienone is 10. The first-order valence-electron chi connectivity index (χ1n) is 42.8. The molecule has 2 unspecified atom stereocenters. The van der Waals surface area contributed by atoms with E-state index in [-0.39, 0.29) is 38.6 Å². The average Bonchev–Trinajstić information content (AvgIpc) is 2.57. The molecule has 0 amide bonds. The van der Waals surface area contributed by atoms with E-state index in [9.17, 15) is 19.0 Å². The van der Waals surface area contributed by atoms with Crippen LogP contribution in [0.5, 0.6) is 0 Å². The summed E-state index contributed by atoms with van der Waals surface area (Å²) in [7, 11) is -4.40. The first-order chi connectivity index (χ1) is 47.8. The minimum Gasteiger partial charge on any atom is -0.462 e. The molecule has 97 heavy (non-hydrogen) atoms. The lowest BCUT2D eigenvalue weighted by atomic mass is 10.0. The van der Waals surface area contributed by atoms with Crippen molar-refractivity contribution in [3.05, 3.63) is 60.8 Å².